The Hall–Kier alpha value is -1.96. The van der Waals surface area contributed by atoms with Gasteiger partial charge in [0.1, 0.15) is 0 Å². The van der Waals surface area contributed by atoms with Crippen molar-refractivity contribution in [2.45, 2.75) is 12.5 Å². The van der Waals surface area contributed by atoms with Gasteiger partial charge < -0.3 is 20.7 Å². The van der Waals surface area contributed by atoms with Crippen molar-refractivity contribution in [2.24, 2.45) is 0 Å². The number of carboxylic acids is 1. The van der Waals surface area contributed by atoms with Gasteiger partial charge in [-0.3, -0.25) is 0 Å². The average molecular weight is 251 g/mol. The minimum atomic E-state index is -4.89. The molecule has 0 amide bonds. The van der Waals surface area contributed by atoms with E-state index in [9.17, 15) is 18.0 Å². The number of anilines is 1. The first-order chi connectivity index (χ1) is 7.70. The van der Waals surface area contributed by atoms with E-state index in [2.05, 4.69) is 4.74 Å². The summed E-state index contributed by atoms with van der Waals surface area (Å²) in [5.41, 5.74) is 4.69. The molecule has 0 saturated carbocycles. The summed E-state index contributed by atoms with van der Waals surface area (Å²) < 4.78 is 39.2. The number of nitrogen functional groups attached to an aromatic ring is 1. The maximum atomic E-state index is 11.9. The third kappa shape index (κ3) is 3.52. The lowest BCUT2D eigenvalue weighted by Gasteiger charge is -2.13. The smallest absolute Gasteiger partial charge is 0.479 e. The lowest BCUT2D eigenvalue weighted by molar-refractivity contribution is -0.274. The number of alkyl halides is 3. The molecule has 0 aliphatic carbocycles. The van der Waals surface area contributed by atoms with E-state index in [1.165, 1.54) is 0 Å². The topological polar surface area (TPSA) is 92.8 Å². The van der Waals surface area contributed by atoms with E-state index in [1.54, 1.807) is 0 Å². The van der Waals surface area contributed by atoms with Gasteiger partial charge in [-0.05, 0) is 17.7 Å². The quantitative estimate of drug-likeness (QED) is 0.704. The first-order valence-corrected chi connectivity index (χ1v) is 4.27. The average Bonchev–Trinajstić information content (AvgIpc) is 2.18. The van der Waals surface area contributed by atoms with Crippen molar-refractivity contribution in [3.8, 4) is 5.75 Å². The number of halogens is 3. The van der Waals surface area contributed by atoms with Crippen LogP contribution in [0.4, 0.5) is 18.9 Å². The normalized spacial score (nSPS) is 13.2. The van der Waals surface area contributed by atoms with Crippen molar-refractivity contribution in [1.82, 2.24) is 0 Å². The Morgan fingerprint density at radius 3 is 2.41 bits per heavy atom. The lowest BCUT2D eigenvalue weighted by atomic mass is 10.1. The van der Waals surface area contributed by atoms with Crippen LogP contribution in [-0.2, 0) is 4.79 Å². The molecule has 0 radical (unpaired) electrons. The summed E-state index contributed by atoms with van der Waals surface area (Å²) in [6, 6.07) is 2.72. The molecule has 0 heterocycles. The fourth-order valence-electron chi connectivity index (χ4n) is 1.10. The zero-order chi connectivity index (χ0) is 13.2. The third-order valence-electron chi connectivity index (χ3n) is 1.81. The molecule has 17 heavy (non-hydrogen) atoms. The van der Waals surface area contributed by atoms with Crippen LogP contribution in [0.15, 0.2) is 18.2 Å². The first-order valence-electron chi connectivity index (χ1n) is 4.27. The number of hydrogen-bond donors (Lipinski definition) is 3. The van der Waals surface area contributed by atoms with Crippen molar-refractivity contribution in [2.75, 3.05) is 5.73 Å². The molecule has 0 aliphatic heterocycles. The molecule has 8 heteroatoms. The fourth-order valence-corrected chi connectivity index (χ4v) is 1.10. The van der Waals surface area contributed by atoms with Crippen molar-refractivity contribution >= 4 is 11.7 Å². The molecule has 0 aromatic heterocycles. The number of carbonyl (C=O) groups is 1. The molecule has 1 rings (SSSR count). The number of carboxylic acid groups (broad SMARTS) is 1. The second-order valence-corrected chi connectivity index (χ2v) is 3.09. The van der Waals surface area contributed by atoms with Gasteiger partial charge in [-0.25, -0.2) is 4.79 Å². The largest absolute Gasteiger partial charge is 0.573 e. The van der Waals surface area contributed by atoms with Crippen LogP contribution < -0.4 is 10.5 Å². The maximum absolute atomic E-state index is 11.9. The monoisotopic (exact) mass is 251 g/mol. The highest BCUT2D eigenvalue weighted by Crippen LogP contribution is 2.30. The molecule has 0 spiro atoms. The number of benzene rings is 1. The summed E-state index contributed by atoms with van der Waals surface area (Å²) in [5.74, 6) is -2.19. The number of aliphatic carboxylic acids is 1. The van der Waals surface area contributed by atoms with E-state index in [1.807, 2.05) is 0 Å². The molecule has 94 valence electrons. The van der Waals surface area contributed by atoms with Crippen LogP contribution in [0, 0.1) is 0 Å². The molecule has 1 aromatic rings. The highest BCUT2D eigenvalue weighted by atomic mass is 19.4. The summed E-state index contributed by atoms with van der Waals surface area (Å²) in [4.78, 5) is 10.4. The lowest BCUT2D eigenvalue weighted by Crippen LogP contribution is -2.18. The zero-order valence-corrected chi connectivity index (χ0v) is 8.23. The van der Waals surface area contributed by atoms with Crippen LogP contribution in [0.5, 0.6) is 5.75 Å². The Balaban J connectivity index is 2.98. The molecular formula is C9H8F3NO4. The Labute approximate surface area is 93.2 Å². The second kappa shape index (κ2) is 4.50. The van der Waals surface area contributed by atoms with E-state index >= 15 is 0 Å². The summed E-state index contributed by atoms with van der Waals surface area (Å²) in [6.45, 7) is 0. The van der Waals surface area contributed by atoms with E-state index in [0.717, 1.165) is 18.2 Å². The molecule has 4 N–H and O–H groups in total. The van der Waals surface area contributed by atoms with Gasteiger partial charge in [0.05, 0.1) is 5.69 Å². The highest BCUT2D eigenvalue weighted by molar-refractivity contribution is 5.75. The molecule has 1 aromatic carbocycles. The van der Waals surface area contributed by atoms with Crippen molar-refractivity contribution in [1.29, 1.82) is 0 Å². The standard InChI is InChI=1S/C9H8F3NO4/c10-9(11,12)17-6-2-1-4(3-5(6)13)7(14)8(15)16/h1-3,7,14H,13H2,(H,15,16). The summed E-state index contributed by atoms with van der Waals surface area (Å²) in [6.07, 6.45) is -6.74. The SMILES string of the molecule is Nc1cc(C(O)C(=O)O)ccc1OC(F)(F)F. The van der Waals surface area contributed by atoms with Gasteiger partial charge in [0.25, 0.3) is 0 Å². The van der Waals surface area contributed by atoms with Gasteiger partial charge in [-0.1, -0.05) is 6.07 Å². The minimum absolute atomic E-state index is 0.135. The predicted molar refractivity (Wildman–Crippen MR) is 50.1 cm³/mol. The van der Waals surface area contributed by atoms with E-state index < -0.39 is 29.9 Å². The van der Waals surface area contributed by atoms with Crippen molar-refractivity contribution in [3.05, 3.63) is 23.8 Å². The third-order valence-corrected chi connectivity index (χ3v) is 1.81. The van der Waals surface area contributed by atoms with E-state index in [-0.39, 0.29) is 5.56 Å². The molecular weight excluding hydrogens is 243 g/mol. The van der Waals surface area contributed by atoms with Crippen LogP contribution in [0.1, 0.15) is 11.7 Å². The van der Waals surface area contributed by atoms with Gasteiger partial charge in [0.15, 0.2) is 11.9 Å². The fraction of sp³-hybridized carbons (Fsp3) is 0.222. The van der Waals surface area contributed by atoms with E-state index in [4.69, 9.17) is 15.9 Å². The second-order valence-electron chi connectivity index (χ2n) is 3.09. The van der Waals surface area contributed by atoms with Crippen LogP contribution >= 0.6 is 0 Å². The molecule has 0 aliphatic rings. The Morgan fingerprint density at radius 2 is 2.00 bits per heavy atom. The van der Waals surface area contributed by atoms with Gasteiger partial charge >= 0.3 is 12.3 Å². The number of rotatable bonds is 3. The first kappa shape index (κ1) is 13.1. The number of aliphatic hydroxyl groups excluding tert-OH is 1. The van der Waals surface area contributed by atoms with Crippen LogP contribution in [-0.4, -0.2) is 22.5 Å². The molecule has 1 atom stereocenters. The Morgan fingerprint density at radius 1 is 1.41 bits per heavy atom. The maximum Gasteiger partial charge on any atom is 0.573 e. The summed E-state index contributed by atoms with van der Waals surface area (Å²) in [7, 11) is 0. The van der Waals surface area contributed by atoms with Gasteiger partial charge in [-0.15, -0.1) is 13.2 Å². The molecule has 5 nitrogen and oxygen atoms in total. The van der Waals surface area contributed by atoms with Gasteiger partial charge in [-0.2, -0.15) is 0 Å². The molecule has 1 unspecified atom stereocenters. The number of nitrogens with two attached hydrogens (primary N) is 1. The zero-order valence-electron chi connectivity index (χ0n) is 8.23. The van der Waals surface area contributed by atoms with Crippen molar-refractivity contribution < 1.29 is 32.9 Å². The van der Waals surface area contributed by atoms with Crippen LogP contribution in [0.2, 0.25) is 0 Å². The minimum Gasteiger partial charge on any atom is -0.479 e. The number of hydrogen-bond acceptors (Lipinski definition) is 4. The van der Waals surface area contributed by atoms with Gasteiger partial charge in [0.2, 0.25) is 0 Å². The number of aliphatic hydroxyl groups is 1. The molecule has 0 bridgehead atoms. The Kier molecular flexibility index (Phi) is 3.47. The predicted octanol–water partition coefficient (Wildman–Crippen LogP) is 1.29. The van der Waals surface area contributed by atoms with Crippen LogP contribution in [0.25, 0.3) is 0 Å². The summed E-state index contributed by atoms with van der Waals surface area (Å²) >= 11 is 0. The summed E-state index contributed by atoms with van der Waals surface area (Å²) in [5, 5.41) is 17.6. The molecule has 0 fully saturated rings. The van der Waals surface area contributed by atoms with Crippen LogP contribution in [0.3, 0.4) is 0 Å². The molecule has 0 saturated heterocycles. The number of ether oxygens (including phenoxy) is 1. The van der Waals surface area contributed by atoms with Crippen molar-refractivity contribution in [3.63, 3.8) is 0 Å². The highest BCUT2D eigenvalue weighted by Gasteiger charge is 2.32. The Bertz CT molecular complexity index is 433. The van der Waals surface area contributed by atoms with E-state index in [0.29, 0.717) is 0 Å². The van der Waals surface area contributed by atoms with Gasteiger partial charge in [0, 0.05) is 0 Å².